The largest absolute Gasteiger partial charge is 0.480 e. The smallest absolute Gasteiger partial charge is 0.400 e. The average molecular weight is 310 g/mol. The fraction of sp³-hybridized carbons (Fsp3) is 1.00. The van der Waals surface area contributed by atoms with Gasteiger partial charge in [-0.2, -0.15) is 13.2 Å². The molecule has 0 aliphatic heterocycles. The van der Waals surface area contributed by atoms with Gasteiger partial charge in [0.15, 0.2) is 10.0 Å². The predicted octanol–water partition coefficient (Wildman–Crippen LogP) is 1.74. The first kappa shape index (κ1) is 18.8. The van der Waals surface area contributed by atoms with Crippen LogP contribution in [0.2, 0.25) is 0 Å². The van der Waals surface area contributed by atoms with Gasteiger partial charge in [0, 0.05) is 6.42 Å². The van der Waals surface area contributed by atoms with E-state index in [0.29, 0.717) is 0 Å². The first-order chi connectivity index (χ1) is 7.37. The van der Waals surface area contributed by atoms with Gasteiger partial charge in [-0.15, -0.1) is 3.89 Å². The summed E-state index contributed by atoms with van der Waals surface area (Å²) in [7, 11) is -12.3. The van der Waals surface area contributed by atoms with Gasteiger partial charge in [-0.05, 0) is 0 Å². The van der Waals surface area contributed by atoms with Gasteiger partial charge in [0.05, 0.1) is 13.3 Å². The van der Waals surface area contributed by atoms with Crippen LogP contribution >= 0.6 is 0 Å². The van der Waals surface area contributed by atoms with Gasteiger partial charge in [-0.1, -0.05) is 0 Å². The molecule has 0 N–H and O–H groups in total. The maximum atomic E-state index is 11.3. The highest BCUT2D eigenvalue weighted by Gasteiger charge is 2.40. The third-order valence-corrected chi connectivity index (χ3v) is 2.83. The van der Waals surface area contributed by atoms with Gasteiger partial charge >= 0.3 is 5.51 Å². The molecule has 0 fully saturated rings. The van der Waals surface area contributed by atoms with Crippen molar-refractivity contribution < 1.29 is 42.7 Å². The molecule has 5 nitrogen and oxygen atoms in total. The molecule has 0 unspecified atom stereocenters. The van der Waals surface area contributed by atoms with Gasteiger partial charge in [0.25, 0.3) is 0 Å². The van der Waals surface area contributed by atoms with Crippen LogP contribution in [0.25, 0.3) is 4.13 Å². The maximum Gasteiger partial charge on any atom is 0.480 e. The van der Waals surface area contributed by atoms with Crippen LogP contribution in [-0.4, -0.2) is 35.7 Å². The maximum absolute atomic E-state index is 11.3. The minimum absolute atomic E-state index is 0.0556. The standard InChI is InChI=1S/C3H6F2.CF4NO4S2/c4-2-1-3-5;2-1(3,4)11(7,8)6-12(5,9)10/h1-3H2;/q;-1. The number of alkyl halides is 5. The lowest BCUT2D eigenvalue weighted by atomic mass is 10.5. The van der Waals surface area contributed by atoms with Crippen LogP contribution in [0.4, 0.5) is 25.8 Å². The number of hydrogen-bond donors (Lipinski definition) is 0. The molecule has 0 aliphatic rings. The van der Waals surface area contributed by atoms with Crippen molar-refractivity contribution in [2.75, 3.05) is 13.3 Å². The van der Waals surface area contributed by atoms with Crippen molar-refractivity contribution in [1.29, 1.82) is 0 Å². The highest BCUT2D eigenvalue weighted by Crippen LogP contribution is 2.29. The van der Waals surface area contributed by atoms with Crippen molar-refractivity contribution in [2.45, 2.75) is 11.9 Å². The number of hydrogen-bond acceptors (Lipinski definition) is 4. The second-order valence-electron chi connectivity index (χ2n) is 2.14. The van der Waals surface area contributed by atoms with E-state index in [1.165, 1.54) is 0 Å². The Labute approximate surface area is 93.2 Å². The molecule has 0 spiro atoms. The van der Waals surface area contributed by atoms with E-state index in [-0.39, 0.29) is 6.42 Å². The van der Waals surface area contributed by atoms with Gasteiger partial charge in [0.2, 0.25) is 10.4 Å². The molecule has 0 atom stereocenters. The minimum Gasteiger partial charge on any atom is -0.400 e. The van der Waals surface area contributed by atoms with Crippen LogP contribution in [0.1, 0.15) is 6.42 Å². The molecule has 0 saturated heterocycles. The lowest BCUT2D eigenvalue weighted by Crippen LogP contribution is -2.23. The van der Waals surface area contributed by atoms with Gasteiger partial charge in [-0.25, -0.2) is 16.8 Å². The van der Waals surface area contributed by atoms with Crippen LogP contribution in [0.15, 0.2) is 0 Å². The zero-order valence-corrected chi connectivity index (χ0v) is 9.42. The SMILES string of the molecule is FCCCF.O=S(=O)(F)[N-]S(=O)(=O)C(F)(F)F. The Morgan fingerprint density at radius 1 is 0.941 bits per heavy atom. The first-order valence-electron chi connectivity index (χ1n) is 3.49. The van der Waals surface area contributed by atoms with E-state index < -0.39 is 39.3 Å². The zero-order chi connectivity index (χ0) is 14.3. The molecule has 106 valence electrons. The molecular formula is C4H6F6NO4S2-. The Balaban J connectivity index is 0. The van der Waals surface area contributed by atoms with Crippen LogP contribution in [-0.2, 0) is 20.4 Å². The number of nitrogens with zero attached hydrogens (tertiary/aromatic N) is 1. The molecule has 0 bridgehead atoms. The van der Waals surface area contributed by atoms with Gasteiger partial charge in [-0.3, -0.25) is 8.78 Å². The quantitative estimate of drug-likeness (QED) is 0.585. The highest BCUT2D eigenvalue weighted by atomic mass is 32.3. The predicted molar refractivity (Wildman–Crippen MR) is 44.9 cm³/mol. The molecule has 0 amide bonds. The number of sulfonamides is 1. The molecule has 0 saturated carbocycles. The Morgan fingerprint density at radius 3 is 1.35 bits per heavy atom. The van der Waals surface area contributed by atoms with Crippen LogP contribution < -0.4 is 0 Å². The summed E-state index contributed by atoms with van der Waals surface area (Å²) in [6.07, 6.45) is 0.0556. The number of halogens is 6. The molecule has 0 radical (unpaired) electrons. The zero-order valence-electron chi connectivity index (χ0n) is 7.79. The summed E-state index contributed by atoms with van der Waals surface area (Å²) in [6.45, 7) is -1.06. The third kappa shape index (κ3) is 10.3. The Kier molecular flexibility index (Phi) is 7.74. The molecule has 13 heteroatoms. The third-order valence-electron chi connectivity index (χ3n) is 0.747. The van der Waals surface area contributed by atoms with E-state index in [9.17, 15) is 42.7 Å². The Hall–Kier alpha value is -0.560. The summed E-state index contributed by atoms with van der Waals surface area (Å²) >= 11 is 0. The molecule has 0 aromatic heterocycles. The fourth-order valence-corrected chi connectivity index (χ4v) is 1.49. The number of rotatable bonds is 4. The minimum atomic E-state index is -6.29. The van der Waals surface area contributed by atoms with Crippen molar-refractivity contribution in [3.8, 4) is 0 Å². The van der Waals surface area contributed by atoms with Crippen LogP contribution in [0, 0.1) is 0 Å². The average Bonchev–Trinajstić information content (AvgIpc) is 1.99. The van der Waals surface area contributed by atoms with Crippen molar-refractivity contribution in [1.82, 2.24) is 0 Å². The van der Waals surface area contributed by atoms with Crippen LogP contribution in [0.3, 0.4) is 0 Å². The second-order valence-corrected chi connectivity index (χ2v) is 4.97. The van der Waals surface area contributed by atoms with E-state index in [0.717, 1.165) is 4.13 Å². The molecule has 0 aromatic carbocycles. The summed E-state index contributed by atoms with van der Waals surface area (Å²) in [5.74, 6) is 0. The van der Waals surface area contributed by atoms with Crippen LogP contribution in [0.5, 0.6) is 0 Å². The Bertz CT molecular complexity index is 398. The van der Waals surface area contributed by atoms with Crippen molar-refractivity contribution in [3.05, 3.63) is 4.13 Å². The summed E-state index contributed by atoms with van der Waals surface area (Å²) in [4.78, 5) is 0. The first-order valence-corrected chi connectivity index (χ1v) is 6.27. The van der Waals surface area contributed by atoms with E-state index in [2.05, 4.69) is 0 Å². The fourth-order valence-electron chi connectivity index (χ4n) is 0.210. The molecular weight excluding hydrogens is 304 g/mol. The van der Waals surface area contributed by atoms with Crippen molar-refractivity contribution in [3.63, 3.8) is 0 Å². The van der Waals surface area contributed by atoms with E-state index in [1.807, 2.05) is 0 Å². The summed E-state index contributed by atoms with van der Waals surface area (Å²) < 4.78 is 106. The molecule has 17 heavy (non-hydrogen) atoms. The van der Waals surface area contributed by atoms with Gasteiger partial charge in [0.1, 0.15) is 0 Å². The lowest BCUT2D eigenvalue weighted by Gasteiger charge is -2.16. The summed E-state index contributed by atoms with van der Waals surface area (Å²) in [5.41, 5.74) is -5.91. The second kappa shape index (κ2) is 7.00. The molecule has 0 aromatic rings. The van der Waals surface area contributed by atoms with Crippen molar-refractivity contribution in [2.24, 2.45) is 0 Å². The van der Waals surface area contributed by atoms with E-state index in [4.69, 9.17) is 0 Å². The Morgan fingerprint density at radius 2 is 1.29 bits per heavy atom. The lowest BCUT2D eigenvalue weighted by molar-refractivity contribution is -0.0425. The van der Waals surface area contributed by atoms with E-state index >= 15 is 0 Å². The van der Waals surface area contributed by atoms with Gasteiger partial charge < -0.3 is 4.13 Å². The highest BCUT2D eigenvalue weighted by molar-refractivity contribution is 8.10. The van der Waals surface area contributed by atoms with E-state index in [1.54, 1.807) is 0 Å². The molecule has 0 heterocycles. The topological polar surface area (TPSA) is 82.4 Å². The normalized spacial score (nSPS) is 12.8. The summed E-state index contributed by atoms with van der Waals surface area (Å²) in [6, 6.07) is 0. The molecule has 0 aliphatic carbocycles. The molecule has 0 rings (SSSR count). The monoisotopic (exact) mass is 310 g/mol. The summed E-state index contributed by atoms with van der Waals surface area (Å²) in [5, 5.41) is 0. The van der Waals surface area contributed by atoms with Crippen molar-refractivity contribution >= 4 is 20.4 Å².